The molecule has 1 amide bonds. The molecule has 0 saturated carbocycles. The zero-order valence-corrected chi connectivity index (χ0v) is 16.4. The number of hydrogen-bond acceptors (Lipinski definition) is 6. The lowest BCUT2D eigenvalue weighted by Crippen LogP contribution is -2.49. The van der Waals surface area contributed by atoms with Gasteiger partial charge in [0.05, 0.1) is 11.8 Å². The minimum Gasteiger partial charge on any atom is -0.337 e. The molecule has 2 rings (SSSR count). The van der Waals surface area contributed by atoms with Crippen molar-refractivity contribution in [3.8, 4) is 17.5 Å². The average molecular weight is 372 g/mol. The van der Waals surface area contributed by atoms with Crippen LogP contribution in [0.1, 0.15) is 34.1 Å². The lowest BCUT2D eigenvalue weighted by atomic mass is 9.90. The summed E-state index contributed by atoms with van der Waals surface area (Å²) in [4.78, 5) is 16.3. The van der Waals surface area contributed by atoms with Crippen LogP contribution >= 0.6 is 11.8 Å². The van der Waals surface area contributed by atoms with Crippen LogP contribution in [0.25, 0.3) is 11.4 Å². The molecule has 0 radical (unpaired) electrons. The van der Waals surface area contributed by atoms with Gasteiger partial charge in [0.2, 0.25) is 5.91 Å². The van der Waals surface area contributed by atoms with Crippen molar-refractivity contribution in [1.29, 1.82) is 5.26 Å². The number of nitrogens with one attached hydrogen (secondary N) is 1. The summed E-state index contributed by atoms with van der Waals surface area (Å²) in [5, 5.41) is 21.4. The Hall–Kier alpha value is -2.40. The van der Waals surface area contributed by atoms with Crippen molar-refractivity contribution in [1.82, 2.24) is 25.1 Å². The fourth-order valence-electron chi connectivity index (χ4n) is 2.29. The molecule has 0 bridgehead atoms. The maximum atomic E-state index is 12.3. The lowest BCUT2D eigenvalue weighted by molar-refractivity contribution is -0.120. The molecule has 0 saturated heterocycles. The highest BCUT2D eigenvalue weighted by Gasteiger charge is 2.30. The molecule has 1 atom stereocenters. The summed E-state index contributed by atoms with van der Waals surface area (Å²) >= 11 is 1.33. The van der Waals surface area contributed by atoms with Crippen molar-refractivity contribution < 1.29 is 4.79 Å². The highest BCUT2D eigenvalue weighted by atomic mass is 32.2. The van der Waals surface area contributed by atoms with Gasteiger partial charge in [0.15, 0.2) is 11.0 Å². The van der Waals surface area contributed by atoms with E-state index < -0.39 is 5.54 Å². The molecule has 138 valence electrons. The van der Waals surface area contributed by atoms with Crippen LogP contribution in [0.15, 0.2) is 29.7 Å². The van der Waals surface area contributed by atoms with Gasteiger partial charge >= 0.3 is 0 Å². The Labute approximate surface area is 158 Å². The molecular weight excluding hydrogens is 348 g/mol. The third kappa shape index (κ3) is 4.61. The normalized spacial score (nSPS) is 13.2. The Morgan fingerprint density at radius 1 is 1.38 bits per heavy atom. The number of nitrogens with zero attached hydrogens (tertiary/aromatic N) is 5. The predicted molar refractivity (Wildman–Crippen MR) is 101 cm³/mol. The fraction of sp³-hybridized carbons (Fsp3) is 0.500. The molecule has 7 nitrogen and oxygen atoms in total. The zero-order chi connectivity index (χ0) is 19.2. The minimum absolute atomic E-state index is 0.0171. The predicted octanol–water partition coefficient (Wildman–Crippen LogP) is 2.90. The smallest absolute Gasteiger partial charge is 0.231 e. The molecule has 0 aliphatic carbocycles. The largest absolute Gasteiger partial charge is 0.337 e. The first-order valence-corrected chi connectivity index (χ1v) is 9.58. The van der Waals surface area contributed by atoms with Crippen molar-refractivity contribution in [2.45, 2.75) is 51.4 Å². The second kappa shape index (κ2) is 8.81. The summed E-state index contributed by atoms with van der Waals surface area (Å²) in [6, 6.07) is 5.96. The molecule has 0 fully saturated rings. The molecule has 0 aliphatic rings. The number of pyridine rings is 1. The topological polar surface area (TPSA) is 96.5 Å². The fourth-order valence-corrected chi connectivity index (χ4v) is 3.06. The summed E-state index contributed by atoms with van der Waals surface area (Å²) in [6.45, 7) is 8.40. The number of rotatable bonds is 8. The van der Waals surface area contributed by atoms with Gasteiger partial charge in [-0.05, 0) is 31.4 Å². The molecule has 1 N–H and O–H groups in total. The first kappa shape index (κ1) is 19.9. The highest BCUT2D eigenvalue weighted by molar-refractivity contribution is 7.99. The molecule has 0 unspecified atom stereocenters. The highest BCUT2D eigenvalue weighted by Crippen LogP contribution is 2.24. The van der Waals surface area contributed by atoms with E-state index in [1.807, 2.05) is 30.5 Å². The number of nitriles is 1. The van der Waals surface area contributed by atoms with Crippen molar-refractivity contribution in [3.63, 3.8) is 0 Å². The zero-order valence-electron chi connectivity index (χ0n) is 15.6. The Kier molecular flexibility index (Phi) is 6.75. The van der Waals surface area contributed by atoms with Crippen molar-refractivity contribution in [3.05, 3.63) is 24.5 Å². The molecule has 2 aromatic rings. The van der Waals surface area contributed by atoms with Gasteiger partial charge in [0, 0.05) is 24.5 Å². The van der Waals surface area contributed by atoms with Crippen LogP contribution in [0.5, 0.6) is 0 Å². The van der Waals surface area contributed by atoms with Gasteiger partial charge in [0.25, 0.3) is 0 Å². The van der Waals surface area contributed by atoms with Crippen LogP contribution < -0.4 is 5.32 Å². The molecule has 0 aliphatic heterocycles. The van der Waals surface area contributed by atoms with E-state index in [0.29, 0.717) is 5.16 Å². The van der Waals surface area contributed by atoms with E-state index in [2.05, 4.69) is 33.5 Å². The Balaban J connectivity index is 2.12. The molecule has 8 heteroatoms. The number of carbonyl (C=O) groups is 1. The monoisotopic (exact) mass is 372 g/mol. The van der Waals surface area contributed by atoms with Gasteiger partial charge in [-0.1, -0.05) is 32.5 Å². The summed E-state index contributed by atoms with van der Waals surface area (Å²) < 4.78 is 2.01. The van der Waals surface area contributed by atoms with Crippen LogP contribution in [0.4, 0.5) is 0 Å². The van der Waals surface area contributed by atoms with E-state index in [9.17, 15) is 10.1 Å². The second-order valence-corrected chi connectivity index (χ2v) is 7.44. The van der Waals surface area contributed by atoms with Crippen molar-refractivity contribution in [2.75, 3.05) is 5.75 Å². The number of carbonyl (C=O) groups excluding carboxylic acids is 1. The quantitative estimate of drug-likeness (QED) is 0.716. The summed E-state index contributed by atoms with van der Waals surface area (Å²) in [7, 11) is 0. The lowest BCUT2D eigenvalue weighted by Gasteiger charge is -2.27. The number of amides is 1. The molecule has 2 aromatic heterocycles. The third-order valence-corrected chi connectivity index (χ3v) is 5.19. The van der Waals surface area contributed by atoms with Crippen LogP contribution in [-0.4, -0.2) is 36.9 Å². The maximum absolute atomic E-state index is 12.3. The second-order valence-electron chi connectivity index (χ2n) is 6.50. The minimum atomic E-state index is -0.878. The summed E-state index contributed by atoms with van der Waals surface area (Å²) in [6.07, 6.45) is 4.36. The van der Waals surface area contributed by atoms with E-state index in [4.69, 9.17) is 0 Å². The third-order valence-electron chi connectivity index (χ3n) is 4.22. The molecule has 0 spiro atoms. The first-order chi connectivity index (χ1) is 12.4. The van der Waals surface area contributed by atoms with E-state index in [-0.39, 0.29) is 17.6 Å². The van der Waals surface area contributed by atoms with Crippen molar-refractivity contribution in [2.24, 2.45) is 5.92 Å². The molecule has 2 heterocycles. The molecule has 26 heavy (non-hydrogen) atoms. The van der Waals surface area contributed by atoms with E-state index in [1.165, 1.54) is 11.8 Å². The SMILES string of the molecule is CCCn1c(SCC(=O)N[C@](C)(C#N)C(C)C)nnc1-c1ccncc1. The van der Waals surface area contributed by atoms with E-state index in [1.54, 1.807) is 19.3 Å². The van der Waals surface area contributed by atoms with Gasteiger partial charge in [0.1, 0.15) is 5.54 Å². The van der Waals surface area contributed by atoms with Crippen molar-refractivity contribution >= 4 is 17.7 Å². The van der Waals surface area contributed by atoms with Crippen LogP contribution in [0.3, 0.4) is 0 Å². The Bertz CT molecular complexity index is 783. The molecule has 0 aromatic carbocycles. The van der Waals surface area contributed by atoms with Gasteiger partial charge in [-0.2, -0.15) is 5.26 Å². The maximum Gasteiger partial charge on any atom is 0.231 e. The van der Waals surface area contributed by atoms with E-state index in [0.717, 1.165) is 24.4 Å². The van der Waals surface area contributed by atoms with Gasteiger partial charge < -0.3 is 9.88 Å². The van der Waals surface area contributed by atoms with Gasteiger partial charge in [-0.3, -0.25) is 9.78 Å². The van der Waals surface area contributed by atoms with Gasteiger partial charge in [-0.25, -0.2) is 0 Å². The first-order valence-electron chi connectivity index (χ1n) is 8.60. The summed E-state index contributed by atoms with van der Waals surface area (Å²) in [5.74, 6) is 0.774. The van der Waals surface area contributed by atoms with Crippen LogP contribution in [0, 0.1) is 17.2 Å². The molecular formula is C18H24N6OS. The van der Waals surface area contributed by atoms with E-state index >= 15 is 0 Å². The number of thioether (sulfide) groups is 1. The van der Waals surface area contributed by atoms with Crippen LogP contribution in [-0.2, 0) is 11.3 Å². The Morgan fingerprint density at radius 2 is 2.08 bits per heavy atom. The number of aromatic nitrogens is 4. The average Bonchev–Trinajstić information content (AvgIpc) is 3.03. The summed E-state index contributed by atoms with van der Waals surface area (Å²) in [5.41, 5.74) is 0.0610. The standard InChI is InChI=1S/C18H24N6OS/c1-5-10-24-16(14-6-8-20-9-7-14)22-23-17(24)26-11-15(25)21-18(4,12-19)13(2)3/h6-9,13H,5,10-11H2,1-4H3,(H,21,25)/t18-/m1/s1. The Morgan fingerprint density at radius 3 is 2.65 bits per heavy atom. The number of hydrogen-bond donors (Lipinski definition) is 1. The van der Waals surface area contributed by atoms with Crippen LogP contribution in [0.2, 0.25) is 0 Å². The van der Waals surface area contributed by atoms with Gasteiger partial charge in [-0.15, -0.1) is 10.2 Å².